The molecule has 0 saturated heterocycles. The summed E-state index contributed by atoms with van der Waals surface area (Å²) in [4.78, 5) is 0. The molecule has 3 nitrogen and oxygen atoms in total. The number of benzene rings is 1. The van der Waals surface area contributed by atoms with E-state index in [4.69, 9.17) is 5.73 Å². The van der Waals surface area contributed by atoms with Crippen molar-refractivity contribution in [2.24, 2.45) is 10.8 Å². The molecule has 0 aliphatic carbocycles. The molecule has 4 heteroatoms. The molecule has 0 aliphatic rings. The van der Waals surface area contributed by atoms with E-state index in [1.54, 1.807) is 6.21 Å². The van der Waals surface area contributed by atoms with Crippen LogP contribution in [0.15, 0.2) is 29.4 Å². The normalized spacial score (nSPS) is 10.6. The second-order valence-corrected chi connectivity index (χ2v) is 4.37. The van der Waals surface area contributed by atoms with Crippen molar-refractivity contribution in [1.29, 1.82) is 0 Å². The number of hydrazone groups is 1. The molecular weight excluding hydrogens is 230 g/mol. The Bertz CT molecular complexity index is 371. The summed E-state index contributed by atoms with van der Waals surface area (Å²) in [6.45, 7) is 2.22. The lowest BCUT2D eigenvalue weighted by molar-refractivity contribution is 0.717. The standard InChI is InChI=1S/C13H19N3S/c1-2-3-4-5-11-6-8-12(9-7-11)10-15-16-13(14)17/h6-10H,2-5H2,1H3,(H3,14,16,17). The highest BCUT2D eigenvalue weighted by atomic mass is 32.1. The number of nitrogens with zero attached hydrogens (tertiary/aromatic N) is 1. The van der Waals surface area contributed by atoms with E-state index in [-0.39, 0.29) is 5.11 Å². The maximum absolute atomic E-state index is 5.26. The Kier molecular flexibility index (Phi) is 6.25. The van der Waals surface area contributed by atoms with Crippen LogP contribution in [0, 0.1) is 0 Å². The second-order valence-electron chi connectivity index (χ2n) is 3.93. The Morgan fingerprint density at radius 1 is 1.35 bits per heavy atom. The summed E-state index contributed by atoms with van der Waals surface area (Å²) >= 11 is 4.64. The van der Waals surface area contributed by atoms with Gasteiger partial charge < -0.3 is 5.73 Å². The first-order chi connectivity index (χ1) is 8.22. The number of thiocarbonyl (C=S) groups is 1. The molecule has 1 aromatic carbocycles. The number of hydrogen-bond donors (Lipinski definition) is 2. The molecule has 0 atom stereocenters. The van der Waals surface area contributed by atoms with Crippen LogP contribution in [0.4, 0.5) is 0 Å². The summed E-state index contributed by atoms with van der Waals surface area (Å²) in [6.07, 6.45) is 6.66. The Morgan fingerprint density at radius 3 is 2.65 bits per heavy atom. The van der Waals surface area contributed by atoms with Crippen LogP contribution in [-0.4, -0.2) is 11.3 Å². The molecule has 92 valence electrons. The van der Waals surface area contributed by atoms with Crippen molar-refractivity contribution in [3.05, 3.63) is 35.4 Å². The lowest BCUT2D eigenvalue weighted by atomic mass is 10.1. The van der Waals surface area contributed by atoms with Crippen LogP contribution in [0.25, 0.3) is 0 Å². The molecule has 1 aromatic rings. The van der Waals surface area contributed by atoms with Gasteiger partial charge in [0, 0.05) is 0 Å². The zero-order valence-corrected chi connectivity index (χ0v) is 11.0. The van der Waals surface area contributed by atoms with Crippen molar-refractivity contribution < 1.29 is 0 Å². The van der Waals surface area contributed by atoms with E-state index in [0.717, 1.165) is 12.0 Å². The lowest BCUT2D eigenvalue weighted by Gasteiger charge is -2.01. The van der Waals surface area contributed by atoms with Crippen molar-refractivity contribution in [1.82, 2.24) is 5.43 Å². The molecule has 0 radical (unpaired) electrons. The zero-order valence-electron chi connectivity index (χ0n) is 10.1. The van der Waals surface area contributed by atoms with E-state index in [1.807, 2.05) is 12.1 Å². The van der Waals surface area contributed by atoms with Gasteiger partial charge in [-0.05, 0) is 36.2 Å². The van der Waals surface area contributed by atoms with Gasteiger partial charge in [-0.2, -0.15) is 5.10 Å². The van der Waals surface area contributed by atoms with Crippen molar-refractivity contribution in [2.75, 3.05) is 0 Å². The van der Waals surface area contributed by atoms with Crippen molar-refractivity contribution in [3.63, 3.8) is 0 Å². The van der Waals surface area contributed by atoms with Gasteiger partial charge in [0.05, 0.1) is 6.21 Å². The number of aryl methyl sites for hydroxylation is 1. The summed E-state index contributed by atoms with van der Waals surface area (Å²) in [5.41, 5.74) is 10.2. The van der Waals surface area contributed by atoms with Gasteiger partial charge in [-0.25, -0.2) is 0 Å². The average Bonchev–Trinajstić information content (AvgIpc) is 2.31. The Morgan fingerprint density at radius 2 is 2.06 bits per heavy atom. The van der Waals surface area contributed by atoms with Crippen LogP contribution in [-0.2, 0) is 6.42 Å². The highest BCUT2D eigenvalue weighted by molar-refractivity contribution is 7.80. The summed E-state index contributed by atoms with van der Waals surface area (Å²) in [5.74, 6) is 0. The summed E-state index contributed by atoms with van der Waals surface area (Å²) < 4.78 is 0. The molecule has 0 saturated carbocycles. The summed E-state index contributed by atoms with van der Waals surface area (Å²) in [5, 5.41) is 4.08. The van der Waals surface area contributed by atoms with Crippen LogP contribution >= 0.6 is 12.2 Å². The topological polar surface area (TPSA) is 50.4 Å². The molecule has 0 heterocycles. The predicted molar refractivity (Wildman–Crippen MR) is 77.2 cm³/mol. The van der Waals surface area contributed by atoms with Crippen molar-refractivity contribution >= 4 is 23.5 Å². The number of unbranched alkanes of at least 4 members (excludes halogenated alkanes) is 2. The van der Waals surface area contributed by atoms with Gasteiger partial charge in [0.25, 0.3) is 0 Å². The monoisotopic (exact) mass is 249 g/mol. The van der Waals surface area contributed by atoms with Gasteiger partial charge in [-0.1, -0.05) is 44.0 Å². The molecule has 0 aromatic heterocycles. The van der Waals surface area contributed by atoms with Gasteiger partial charge >= 0.3 is 0 Å². The smallest absolute Gasteiger partial charge is 0.184 e. The maximum atomic E-state index is 5.26. The molecule has 0 amide bonds. The van der Waals surface area contributed by atoms with Gasteiger partial charge in [-0.3, -0.25) is 5.43 Å². The molecule has 1 rings (SSSR count). The van der Waals surface area contributed by atoms with E-state index in [1.165, 1.54) is 24.8 Å². The van der Waals surface area contributed by atoms with Gasteiger partial charge in [0.1, 0.15) is 0 Å². The minimum absolute atomic E-state index is 0.178. The minimum atomic E-state index is 0.178. The Hall–Kier alpha value is -1.42. The fourth-order valence-electron chi connectivity index (χ4n) is 1.52. The van der Waals surface area contributed by atoms with Crippen molar-refractivity contribution in [2.45, 2.75) is 32.6 Å². The number of nitrogens with one attached hydrogen (secondary N) is 1. The molecular formula is C13H19N3S. The fourth-order valence-corrected chi connectivity index (χ4v) is 1.57. The molecule has 3 N–H and O–H groups in total. The molecule has 0 spiro atoms. The second kappa shape index (κ2) is 7.79. The number of nitrogens with two attached hydrogens (primary N) is 1. The third-order valence-corrected chi connectivity index (χ3v) is 2.53. The van der Waals surface area contributed by atoms with Crippen LogP contribution < -0.4 is 11.2 Å². The van der Waals surface area contributed by atoms with E-state index in [9.17, 15) is 0 Å². The van der Waals surface area contributed by atoms with E-state index < -0.39 is 0 Å². The molecule has 0 fully saturated rings. The summed E-state index contributed by atoms with van der Waals surface area (Å²) in [6, 6.07) is 8.37. The SMILES string of the molecule is CCCCCc1ccc(C=NNC(N)=S)cc1. The van der Waals surface area contributed by atoms with Gasteiger partial charge in [0.15, 0.2) is 5.11 Å². The van der Waals surface area contributed by atoms with Crippen LogP contribution in [0.3, 0.4) is 0 Å². The number of hydrogen-bond acceptors (Lipinski definition) is 2. The van der Waals surface area contributed by atoms with Crippen LogP contribution in [0.2, 0.25) is 0 Å². The van der Waals surface area contributed by atoms with Crippen LogP contribution in [0.5, 0.6) is 0 Å². The maximum Gasteiger partial charge on any atom is 0.184 e. The quantitative estimate of drug-likeness (QED) is 0.352. The van der Waals surface area contributed by atoms with Gasteiger partial charge in [-0.15, -0.1) is 0 Å². The van der Waals surface area contributed by atoms with E-state index >= 15 is 0 Å². The molecule has 0 aliphatic heterocycles. The lowest BCUT2D eigenvalue weighted by Crippen LogP contribution is -2.23. The first kappa shape index (κ1) is 13.6. The van der Waals surface area contributed by atoms with Gasteiger partial charge in [0.2, 0.25) is 0 Å². The molecule has 0 bridgehead atoms. The highest BCUT2D eigenvalue weighted by Gasteiger charge is 1.93. The third-order valence-electron chi connectivity index (χ3n) is 2.44. The summed E-state index contributed by atoms with van der Waals surface area (Å²) in [7, 11) is 0. The van der Waals surface area contributed by atoms with Crippen molar-refractivity contribution in [3.8, 4) is 0 Å². The van der Waals surface area contributed by atoms with Crippen LogP contribution in [0.1, 0.15) is 37.3 Å². The average molecular weight is 249 g/mol. The van der Waals surface area contributed by atoms with E-state index in [0.29, 0.717) is 0 Å². The first-order valence-electron chi connectivity index (χ1n) is 5.90. The first-order valence-corrected chi connectivity index (χ1v) is 6.30. The largest absolute Gasteiger partial charge is 0.375 e. The third kappa shape index (κ3) is 6.02. The number of rotatable bonds is 6. The zero-order chi connectivity index (χ0) is 12.5. The Labute approximate surface area is 108 Å². The highest BCUT2D eigenvalue weighted by Crippen LogP contribution is 2.07. The predicted octanol–water partition coefficient (Wildman–Crippen LogP) is 2.59. The Balaban J connectivity index is 2.44. The molecule has 0 unspecified atom stereocenters. The minimum Gasteiger partial charge on any atom is -0.375 e. The van der Waals surface area contributed by atoms with E-state index in [2.05, 4.69) is 41.8 Å². The molecule has 17 heavy (non-hydrogen) atoms. The fraction of sp³-hybridized carbons (Fsp3) is 0.385.